The summed E-state index contributed by atoms with van der Waals surface area (Å²) in [6.07, 6.45) is 9.10. The first-order valence-corrected chi connectivity index (χ1v) is 12.8. The van der Waals surface area contributed by atoms with Gasteiger partial charge >= 0.3 is 5.97 Å². The van der Waals surface area contributed by atoms with Gasteiger partial charge in [0.2, 0.25) is 0 Å². The van der Waals surface area contributed by atoms with Crippen molar-refractivity contribution in [2.45, 2.75) is 91.6 Å². The predicted octanol–water partition coefficient (Wildman–Crippen LogP) is 5.80. The molecule has 0 aliphatic heterocycles. The minimum absolute atomic E-state index is 0.0996. The molecule has 0 radical (unpaired) electrons. The molecular weight excluding hydrogens is 400 g/mol. The standard InChI is InChI=1S/C28H42O4/c1-16(2)17(3)6-8-21(26(31)32)25-24(30)15-23-20-9-7-18-14-19(29)10-12-27(18,4)22(20)11-13-28(23,25)5/h14,16,20-25,30H,3,6-13,15H2,1-2,4-5H3,(H,31,32). The van der Waals surface area contributed by atoms with Crippen LogP contribution in [0.1, 0.15) is 85.5 Å². The molecule has 0 saturated heterocycles. The maximum absolute atomic E-state index is 12.4. The first-order valence-electron chi connectivity index (χ1n) is 12.8. The Kier molecular flexibility index (Phi) is 6.24. The normalized spacial score (nSPS) is 42.0. The Morgan fingerprint density at radius 1 is 1.19 bits per heavy atom. The van der Waals surface area contributed by atoms with Gasteiger partial charge in [-0.25, -0.2) is 0 Å². The van der Waals surface area contributed by atoms with Crippen LogP contribution in [0.2, 0.25) is 0 Å². The number of carboxylic acids is 1. The molecular formula is C28H42O4. The van der Waals surface area contributed by atoms with Crippen molar-refractivity contribution in [1.82, 2.24) is 0 Å². The predicted molar refractivity (Wildman–Crippen MR) is 126 cm³/mol. The molecule has 4 rings (SSSR count). The van der Waals surface area contributed by atoms with Gasteiger partial charge in [-0.15, -0.1) is 0 Å². The number of allylic oxidation sites excluding steroid dienone is 2. The van der Waals surface area contributed by atoms with Gasteiger partial charge in [0.05, 0.1) is 12.0 Å². The number of aliphatic hydroxyl groups excluding tert-OH is 1. The van der Waals surface area contributed by atoms with Gasteiger partial charge in [-0.1, -0.05) is 45.4 Å². The summed E-state index contributed by atoms with van der Waals surface area (Å²) < 4.78 is 0. The number of rotatable bonds is 6. The number of hydrogen-bond donors (Lipinski definition) is 2. The second-order valence-corrected chi connectivity index (χ2v) is 12.1. The van der Waals surface area contributed by atoms with Crippen molar-refractivity contribution in [2.75, 3.05) is 0 Å². The van der Waals surface area contributed by atoms with Crippen molar-refractivity contribution < 1.29 is 19.8 Å². The molecule has 8 unspecified atom stereocenters. The molecule has 4 aliphatic rings. The minimum Gasteiger partial charge on any atom is -0.481 e. The number of carbonyl (C=O) groups is 2. The van der Waals surface area contributed by atoms with Crippen LogP contribution in [-0.4, -0.2) is 28.1 Å². The van der Waals surface area contributed by atoms with E-state index in [0.29, 0.717) is 42.9 Å². The molecule has 8 atom stereocenters. The Balaban J connectivity index is 1.59. The molecule has 0 aromatic rings. The Labute approximate surface area is 193 Å². The van der Waals surface area contributed by atoms with Gasteiger partial charge < -0.3 is 10.2 Å². The van der Waals surface area contributed by atoms with Crippen LogP contribution in [-0.2, 0) is 9.59 Å². The highest BCUT2D eigenvalue weighted by Gasteiger charge is 2.63. The Morgan fingerprint density at radius 3 is 2.56 bits per heavy atom. The van der Waals surface area contributed by atoms with Crippen molar-refractivity contribution in [2.24, 2.45) is 46.3 Å². The van der Waals surface area contributed by atoms with E-state index < -0.39 is 18.0 Å². The zero-order valence-corrected chi connectivity index (χ0v) is 20.4. The molecule has 0 amide bonds. The molecule has 4 heteroatoms. The Morgan fingerprint density at radius 2 is 1.91 bits per heavy atom. The molecule has 178 valence electrons. The van der Waals surface area contributed by atoms with E-state index in [9.17, 15) is 19.8 Å². The van der Waals surface area contributed by atoms with Crippen LogP contribution in [0.25, 0.3) is 0 Å². The van der Waals surface area contributed by atoms with Crippen LogP contribution < -0.4 is 0 Å². The maximum atomic E-state index is 12.4. The number of aliphatic carboxylic acids is 1. The number of hydrogen-bond acceptors (Lipinski definition) is 3. The zero-order valence-electron chi connectivity index (χ0n) is 20.4. The number of fused-ring (bicyclic) bond motifs is 5. The smallest absolute Gasteiger partial charge is 0.306 e. The van der Waals surface area contributed by atoms with E-state index in [1.165, 1.54) is 5.57 Å². The fourth-order valence-electron chi connectivity index (χ4n) is 8.43. The largest absolute Gasteiger partial charge is 0.481 e. The van der Waals surface area contributed by atoms with E-state index in [0.717, 1.165) is 44.1 Å². The van der Waals surface area contributed by atoms with E-state index >= 15 is 0 Å². The highest BCUT2D eigenvalue weighted by atomic mass is 16.4. The number of ketones is 1. The lowest BCUT2D eigenvalue weighted by molar-refractivity contribution is -0.150. The lowest BCUT2D eigenvalue weighted by Gasteiger charge is -2.58. The van der Waals surface area contributed by atoms with Gasteiger partial charge in [-0.05, 0) is 91.9 Å². The molecule has 0 spiro atoms. The highest BCUT2D eigenvalue weighted by Crippen LogP contribution is 2.67. The molecule has 0 aromatic carbocycles. The third kappa shape index (κ3) is 3.71. The van der Waals surface area contributed by atoms with Crippen molar-refractivity contribution in [3.63, 3.8) is 0 Å². The summed E-state index contributed by atoms with van der Waals surface area (Å²) in [5.41, 5.74) is 2.41. The van der Waals surface area contributed by atoms with Gasteiger partial charge in [0.25, 0.3) is 0 Å². The summed E-state index contributed by atoms with van der Waals surface area (Å²) >= 11 is 0. The van der Waals surface area contributed by atoms with Crippen molar-refractivity contribution in [3.8, 4) is 0 Å². The van der Waals surface area contributed by atoms with E-state index in [-0.39, 0.29) is 22.5 Å². The van der Waals surface area contributed by atoms with Crippen LogP contribution in [0.5, 0.6) is 0 Å². The molecule has 0 heterocycles. The lowest BCUT2D eigenvalue weighted by atomic mass is 9.46. The van der Waals surface area contributed by atoms with E-state index in [2.05, 4.69) is 34.3 Å². The van der Waals surface area contributed by atoms with Crippen molar-refractivity contribution >= 4 is 11.8 Å². The van der Waals surface area contributed by atoms with Crippen molar-refractivity contribution in [1.29, 1.82) is 0 Å². The van der Waals surface area contributed by atoms with E-state index in [1.54, 1.807) is 0 Å². The molecule has 32 heavy (non-hydrogen) atoms. The second kappa shape index (κ2) is 8.42. The van der Waals surface area contributed by atoms with Gasteiger partial charge in [-0.3, -0.25) is 9.59 Å². The van der Waals surface area contributed by atoms with Gasteiger partial charge in [0.15, 0.2) is 5.78 Å². The molecule has 3 saturated carbocycles. The fourth-order valence-corrected chi connectivity index (χ4v) is 8.43. The van der Waals surface area contributed by atoms with Gasteiger partial charge in [0, 0.05) is 12.3 Å². The highest BCUT2D eigenvalue weighted by molar-refractivity contribution is 5.91. The van der Waals surface area contributed by atoms with Crippen LogP contribution >= 0.6 is 0 Å². The molecule has 3 fully saturated rings. The summed E-state index contributed by atoms with van der Waals surface area (Å²) in [6, 6.07) is 0. The summed E-state index contributed by atoms with van der Waals surface area (Å²) in [7, 11) is 0. The van der Waals surface area contributed by atoms with Gasteiger partial charge in [-0.2, -0.15) is 0 Å². The molecule has 0 aromatic heterocycles. The average Bonchev–Trinajstić information content (AvgIpc) is 2.99. The first-order chi connectivity index (χ1) is 15.0. The third-order valence-corrected chi connectivity index (χ3v) is 10.4. The average molecular weight is 443 g/mol. The van der Waals surface area contributed by atoms with E-state index in [1.807, 2.05) is 6.08 Å². The molecule has 4 nitrogen and oxygen atoms in total. The first kappa shape index (κ1) is 23.7. The second-order valence-electron chi connectivity index (χ2n) is 12.1. The lowest BCUT2D eigenvalue weighted by Crippen LogP contribution is -2.51. The maximum Gasteiger partial charge on any atom is 0.306 e. The molecule has 4 aliphatic carbocycles. The zero-order chi connectivity index (χ0) is 23.4. The van der Waals surface area contributed by atoms with Crippen LogP contribution in [0.4, 0.5) is 0 Å². The van der Waals surface area contributed by atoms with Gasteiger partial charge in [0.1, 0.15) is 0 Å². The van der Waals surface area contributed by atoms with Crippen LogP contribution in [0, 0.1) is 46.3 Å². The Hall–Kier alpha value is -1.42. The quantitative estimate of drug-likeness (QED) is 0.510. The summed E-state index contributed by atoms with van der Waals surface area (Å²) in [5.74, 6) is 0.586. The topological polar surface area (TPSA) is 74.6 Å². The Bertz CT molecular complexity index is 825. The number of carbonyl (C=O) groups excluding carboxylic acids is 1. The minimum atomic E-state index is -0.763. The van der Waals surface area contributed by atoms with Crippen LogP contribution in [0.15, 0.2) is 23.8 Å². The number of carboxylic acid groups (broad SMARTS) is 1. The summed E-state index contributed by atoms with van der Waals surface area (Å²) in [5, 5.41) is 21.4. The summed E-state index contributed by atoms with van der Waals surface area (Å²) in [6.45, 7) is 13.0. The monoisotopic (exact) mass is 442 g/mol. The number of aliphatic hydroxyl groups is 1. The fraction of sp³-hybridized carbons (Fsp3) is 0.786. The SMILES string of the molecule is C=C(CCC(C(=O)O)C1C(O)CC2C3CCC4=CC(=O)CCC4(C)C3CCC21C)C(C)C. The third-order valence-electron chi connectivity index (χ3n) is 10.4. The van der Waals surface area contributed by atoms with Crippen molar-refractivity contribution in [3.05, 3.63) is 23.8 Å². The molecule has 0 bridgehead atoms. The van der Waals surface area contributed by atoms with Crippen LogP contribution in [0.3, 0.4) is 0 Å². The van der Waals surface area contributed by atoms with E-state index in [4.69, 9.17) is 0 Å². The summed E-state index contributed by atoms with van der Waals surface area (Å²) in [4.78, 5) is 24.5. The molecule has 2 N–H and O–H groups in total.